The summed E-state index contributed by atoms with van der Waals surface area (Å²) in [7, 11) is 0. The Morgan fingerprint density at radius 2 is 1.64 bits per heavy atom. The maximum Gasteiger partial charge on any atom is 0.237 e. The highest BCUT2D eigenvalue weighted by atomic mass is 35.5. The van der Waals surface area contributed by atoms with E-state index in [-0.39, 0.29) is 17.8 Å². The molecule has 4 rings (SSSR count). The van der Waals surface area contributed by atoms with Gasteiger partial charge in [-0.3, -0.25) is 0 Å². The van der Waals surface area contributed by atoms with E-state index in [1.54, 1.807) is 0 Å². The second-order valence-electron chi connectivity index (χ2n) is 6.99. The Kier molecular flexibility index (Phi) is 5.40. The van der Waals surface area contributed by atoms with Gasteiger partial charge in [0.05, 0.1) is 11.0 Å². The predicted molar refractivity (Wildman–Crippen MR) is 98.2 cm³/mol. The topological polar surface area (TPSA) is 74.2 Å². The van der Waals surface area contributed by atoms with E-state index in [2.05, 4.69) is 5.16 Å². The van der Waals surface area contributed by atoms with Crippen molar-refractivity contribution in [2.24, 2.45) is 5.73 Å². The quantitative estimate of drug-likeness (QED) is 0.867. The van der Waals surface area contributed by atoms with Crippen LogP contribution in [0.2, 0.25) is 5.02 Å². The third-order valence-electron chi connectivity index (χ3n) is 5.52. The van der Waals surface area contributed by atoms with E-state index in [1.807, 2.05) is 24.3 Å². The molecule has 0 bridgehead atoms. The molecule has 1 saturated carbocycles. The summed E-state index contributed by atoms with van der Waals surface area (Å²) >= 11 is 6.06. The summed E-state index contributed by atoms with van der Waals surface area (Å²) in [5, 5.41) is 4.98. The molecular formula is C18H23Cl2N3O2. The average Bonchev–Trinajstić information content (AvgIpc) is 3.26. The molecule has 1 aromatic heterocycles. The third kappa shape index (κ3) is 3.31. The lowest BCUT2D eigenvalue weighted by molar-refractivity contribution is 0.0523. The molecule has 0 radical (unpaired) electrons. The number of nitrogens with two attached hydrogens (primary N) is 1. The Balaban J connectivity index is 0.00000182. The first-order valence-electron chi connectivity index (χ1n) is 8.60. The fourth-order valence-electron chi connectivity index (χ4n) is 3.96. The summed E-state index contributed by atoms with van der Waals surface area (Å²) in [6.07, 6.45) is 5.71. The van der Waals surface area contributed by atoms with Crippen molar-refractivity contribution in [2.75, 3.05) is 13.2 Å². The molecule has 136 valence electrons. The molecular weight excluding hydrogens is 361 g/mol. The summed E-state index contributed by atoms with van der Waals surface area (Å²) in [5.74, 6) is 1.30. The van der Waals surface area contributed by atoms with E-state index in [1.165, 1.54) is 0 Å². The van der Waals surface area contributed by atoms with Gasteiger partial charge in [0, 0.05) is 18.2 Å². The Hall–Kier alpha value is -1.14. The zero-order valence-electron chi connectivity index (χ0n) is 14.0. The highest BCUT2D eigenvalue weighted by Gasteiger charge is 2.44. The Morgan fingerprint density at radius 3 is 2.28 bits per heavy atom. The average molecular weight is 384 g/mol. The van der Waals surface area contributed by atoms with Crippen LogP contribution in [-0.4, -0.2) is 23.4 Å². The normalized spacial score (nSPS) is 21.7. The first-order chi connectivity index (χ1) is 11.6. The number of ether oxygens (including phenoxy) is 1. The van der Waals surface area contributed by atoms with E-state index in [0.717, 1.165) is 49.1 Å². The second-order valence-corrected chi connectivity index (χ2v) is 7.42. The van der Waals surface area contributed by atoms with Crippen LogP contribution < -0.4 is 5.73 Å². The van der Waals surface area contributed by atoms with Gasteiger partial charge in [-0.2, -0.15) is 4.98 Å². The van der Waals surface area contributed by atoms with Gasteiger partial charge >= 0.3 is 0 Å². The van der Waals surface area contributed by atoms with Crippen LogP contribution in [0, 0.1) is 0 Å². The molecule has 2 aliphatic rings. The fourth-order valence-corrected chi connectivity index (χ4v) is 4.09. The number of hydrogen-bond acceptors (Lipinski definition) is 5. The van der Waals surface area contributed by atoms with Crippen LogP contribution in [0.4, 0.5) is 0 Å². The molecule has 25 heavy (non-hydrogen) atoms. The van der Waals surface area contributed by atoms with Crippen LogP contribution in [0.15, 0.2) is 28.8 Å². The summed E-state index contributed by atoms with van der Waals surface area (Å²) in [6.45, 7) is 1.35. The number of rotatable bonds is 3. The molecule has 7 heteroatoms. The molecule has 0 atom stereocenters. The zero-order chi connectivity index (χ0) is 16.6. The van der Waals surface area contributed by atoms with Crippen molar-refractivity contribution in [3.63, 3.8) is 0 Å². The van der Waals surface area contributed by atoms with Crippen LogP contribution in [0.3, 0.4) is 0 Å². The van der Waals surface area contributed by atoms with Gasteiger partial charge in [0.25, 0.3) is 0 Å². The Labute approximate surface area is 158 Å². The second kappa shape index (κ2) is 7.23. The lowest BCUT2D eigenvalue weighted by Crippen LogP contribution is -2.37. The van der Waals surface area contributed by atoms with Gasteiger partial charge in [0.15, 0.2) is 5.82 Å². The van der Waals surface area contributed by atoms with Gasteiger partial charge in [-0.05, 0) is 43.4 Å². The molecule has 0 unspecified atom stereocenters. The monoisotopic (exact) mass is 383 g/mol. The predicted octanol–water partition coefficient (Wildman–Crippen LogP) is 3.97. The molecule has 2 fully saturated rings. The lowest BCUT2D eigenvalue weighted by Gasteiger charge is -2.34. The maximum absolute atomic E-state index is 6.50. The molecule has 0 spiro atoms. The van der Waals surface area contributed by atoms with Crippen molar-refractivity contribution >= 4 is 24.0 Å². The highest BCUT2D eigenvalue weighted by Crippen LogP contribution is 2.42. The van der Waals surface area contributed by atoms with Gasteiger partial charge < -0.3 is 15.0 Å². The summed E-state index contributed by atoms with van der Waals surface area (Å²) in [4.78, 5) is 4.77. The van der Waals surface area contributed by atoms with Gasteiger partial charge in [0.2, 0.25) is 5.89 Å². The molecule has 1 aliphatic carbocycles. The van der Waals surface area contributed by atoms with E-state index in [9.17, 15) is 0 Å². The minimum absolute atomic E-state index is 0. The molecule has 2 aromatic rings. The summed E-state index contributed by atoms with van der Waals surface area (Å²) in [6, 6.07) is 7.91. The van der Waals surface area contributed by atoms with E-state index >= 15 is 0 Å². The number of hydrogen-bond donors (Lipinski definition) is 1. The number of halogens is 2. The van der Waals surface area contributed by atoms with Crippen molar-refractivity contribution in [3.05, 3.63) is 46.6 Å². The van der Waals surface area contributed by atoms with Crippen molar-refractivity contribution < 1.29 is 9.26 Å². The van der Waals surface area contributed by atoms with Crippen LogP contribution >= 0.6 is 24.0 Å². The SMILES string of the molecule is Cl.NC1(c2noc(C3(c4ccc(Cl)cc4)CCOCC3)n2)CCCC1. The largest absolute Gasteiger partial charge is 0.381 e. The molecule has 5 nitrogen and oxygen atoms in total. The van der Waals surface area contributed by atoms with Crippen molar-refractivity contribution in [1.29, 1.82) is 0 Å². The molecule has 0 amide bonds. The van der Waals surface area contributed by atoms with Gasteiger partial charge in [0.1, 0.15) is 0 Å². The lowest BCUT2D eigenvalue weighted by atomic mass is 9.74. The van der Waals surface area contributed by atoms with E-state index in [0.29, 0.717) is 24.9 Å². The first-order valence-corrected chi connectivity index (χ1v) is 8.98. The molecule has 2 N–H and O–H groups in total. The number of nitrogens with zero attached hydrogens (tertiary/aromatic N) is 2. The minimum atomic E-state index is -0.436. The third-order valence-corrected chi connectivity index (χ3v) is 5.77. The van der Waals surface area contributed by atoms with Crippen molar-refractivity contribution in [3.8, 4) is 0 Å². The van der Waals surface area contributed by atoms with Gasteiger partial charge in [-0.15, -0.1) is 12.4 Å². The summed E-state index contributed by atoms with van der Waals surface area (Å²) < 4.78 is 11.3. The Bertz CT molecular complexity index is 705. The zero-order valence-corrected chi connectivity index (χ0v) is 15.6. The fraction of sp³-hybridized carbons (Fsp3) is 0.556. The van der Waals surface area contributed by atoms with Crippen LogP contribution in [0.25, 0.3) is 0 Å². The van der Waals surface area contributed by atoms with E-state index < -0.39 is 5.54 Å². The van der Waals surface area contributed by atoms with Crippen molar-refractivity contribution in [1.82, 2.24) is 10.1 Å². The first kappa shape index (κ1) is 18.6. The Morgan fingerprint density at radius 1 is 1.00 bits per heavy atom. The van der Waals surface area contributed by atoms with Crippen LogP contribution in [0.1, 0.15) is 55.8 Å². The maximum atomic E-state index is 6.50. The van der Waals surface area contributed by atoms with Gasteiger partial charge in [-0.1, -0.05) is 41.7 Å². The van der Waals surface area contributed by atoms with Crippen molar-refractivity contribution in [2.45, 2.75) is 49.5 Å². The van der Waals surface area contributed by atoms with Crippen LogP contribution in [-0.2, 0) is 15.7 Å². The number of benzene rings is 1. The molecule has 1 aromatic carbocycles. The number of aromatic nitrogens is 2. The molecule has 1 aliphatic heterocycles. The van der Waals surface area contributed by atoms with Crippen LogP contribution in [0.5, 0.6) is 0 Å². The molecule has 2 heterocycles. The minimum Gasteiger partial charge on any atom is -0.381 e. The smallest absolute Gasteiger partial charge is 0.237 e. The standard InChI is InChI=1S/C18H22ClN3O2.ClH/c19-14-5-3-13(4-6-14)17(9-11-23-12-10-17)16-21-15(22-24-16)18(20)7-1-2-8-18;/h3-6H,1-2,7-12,20H2;1H. The van der Waals surface area contributed by atoms with E-state index in [4.69, 9.17) is 31.6 Å². The molecule has 1 saturated heterocycles. The van der Waals surface area contributed by atoms with Gasteiger partial charge in [-0.25, -0.2) is 0 Å². The summed E-state index contributed by atoms with van der Waals surface area (Å²) in [5.41, 5.74) is 6.89. The highest BCUT2D eigenvalue weighted by molar-refractivity contribution is 6.30.